The molecule has 0 radical (unpaired) electrons. The Bertz CT molecular complexity index is 103. The third-order valence-corrected chi connectivity index (χ3v) is 1.52. The van der Waals surface area contributed by atoms with Gasteiger partial charge in [0.1, 0.15) is 6.10 Å². The van der Waals surface area contributed by atoms with Crippen LogP contribution in [0.4, 0.5) is 0 Å². The molecular formula is C7H14O3. The average molecular weight is 146 g/mol. The highest BCUT2D eigenvalue weighted by Gasteiger charge is 2.27. The lowest BCUT2D eigenvalue weighted by molar-refractivity contribution is -0.0927. The topological polar surface area (TPSA) is 38.7 Å². The monoisotopic (exact) mass is 146 g/mol. The van der Waals surface area contributed by atoms with E-state index in [9.17, 15) is 0 Å². The normalized spacial score (nSPS) is 33.6. The van der Waals surface area contributed by atoms with Gasteiger partial charge in [0.15, 0.2) is 6.29 Å². The van der Waals surface area contributed by atoms with E-state index >= 15 is 0 Å². The Labute approximate surface area is 60.9 Å². The van der Waals surface area contributed by atoms with Gasteiger partial charge in [0.2, 0.25) is 0 Å². The zero-order valence-corrected chi connectivity index (χ0v) is 6.41. The van der Waals surface area contributed by atoms with Crippen molar-refractivity contribution >= 4 is 0 Å². The number of rotatable bonds is 2. The molecule has 0 bridgehead atoms. The zero-order chi connectivity index (χ0) is 7.56. The van der Waals surface area contributed by atoms with Crippen LogP contribution in [0.5, 0.6) is 0 Å². The lowest BCUT2D eigenvalue weighted by Crippen LogP contribution is -2.19. The molecule has 10 heavy (non-hydrogen) atoms. The Balaban J connectivity index is 2.28. The summed E-state index contributed by atoms with van der Waals surface area (Å²) < 4.78 is 10.5. The smallest absolute Gasteiger partial charge is 0.160 e. The van der Waals surface area contributed by atoms with E-state index in [0.29, 0.717) is 12.5 Å². The van der Waals surface area contributed by atoms with E-state index in [1.54, 1.807) is 0 Å². The van der Waals surface area contributed by atoms with Crippen LogP contribution in [0.25, 0.3) is 0 Å². The van der Waals surface area contributed by atoms with Gasteiger partial charge >= 0.3 is 0 Å². The van der Waals surface area contributed by atoms with Gasteiger partial charge in [-0.2, -0.15) is 0 Å². The molecule has 0 amide bonds. The number of aliphatic hydroxyl groups excluding tert-OH is 1. The summed E-state index contributed by atoms with van der Waals surface area (Å²) in [6, 6.07) is 0. The molecule has 1 aliphatic rings. The van der Waals surface area contributed by atoms with E-state index in [1.807, 2.05) is 13.8 Å². The first kappa shape index (κ1) is 7.98. The summed E-state index contributed by atoms with van der Waals surface area (Å²) in [7, 11) is 0. The molecule has 0 aromatic rings. The molecule has 1 rings (SSSR count). The first-order valence-electron chi connectivity index (χ1n) is 3.62. The standard InChI is InChI=1S/C7H14O3/c1-5(2)7-9-4-6(3-8)10-7/h5-8H,3-4H2,1-2H3. The zero-order valence-electron chi connectivity index (χ0n) is 6.41. The number of hydrogen-bond donors (Lipinski definition) is 1. The van der Waals surface area contributed by atoms with Crippen molar-refractivity contribution in [3.63, 3.8) is 0 Å². The van der Waals surface area contributed by atoms with Crippen molar-refractivity contribution in [2.75, 3.05) is 13.2 Å². The summed E-state index contributed by atoms with van der Waals surface area (Å²) in [4.78, 5) is 0. The maximum Gasteiger partial charge on any atom is 0.160 e. The maximum absolute atomic E-state index is 8.66. The highest BCUT2D eigenvalue weighted by Crippen LogP contribution is 2.17. The number of hydrogen-bond acceptors (Lipinski definition) is 3. The lowest BCUT2D eigenvalue weighted by atomic mass is 10.2. The minimum Gasteiger partial charge on any atom is -0.394 e. The fraction of sp³-hybridized carbons (Fsp3) is 1.00. The van der Waals surface area contributed by atoms with Gasteiger partial charge in [-0.05, 0) is 0 Å². The largest absolute Gasteiger partial charge is 0.394 e. The second-order valence-electron chi connectivity index (χ2n) is 2.89. The third-order valence-electron chi connectivity index (χ3n) is 1.52. The maximum atomic E-state index is 8.66. The van der Waals surface area contributed by atoms with E-state index in [0.717, 1.165) is 0 Å². The van der Waals surface area contributed by atoms with Crippen LogP contribution in [0.3, 0.4) is 0 Å². The van der Waals surface area contributed by atoms with Crippen molar-refractivity contribution in [3.8, 4) is 0 Å². The summed E-state index contributed by atoms with van der Waals surface area (Å²) in [5.41, 5.74) is 0. The van der Waals surface area contributed by atoms with Gasteiger partial charge in [-0.3, -0.25) is 0 Å². The van der Waals surface area contributed by atoms with E-state index in [1.165, 1.54) is 0 Å². The van der Waals surface area contributed by atoms with Gasteiger partial charge in [0.25, 0.3) is 0 Å². The van der Waals surface area contributed by atoms with Gasteiger partial charge in [-0.1, -0.05) is 13.8 Å². The van der Waals surface area contributed by atoms with Gasteiger partial charge in [0.05, 0.1) is 13.2 Å². The first-order valence-corrected chi connectivity index (χ1v) is 3.62. The molecule has 1 heterocycles. The highest BCUT2D eigenvalue weighted by molar-refractivity contribution is 4.65. The molecule has 60 valence electrons. The van der Waals surface area contributed by atoms with Gasteiger partial charge < -0.3 is 14.6 Å². The van der Waals surface area contributed by atoms with Gasteiger partial charge in [-0.15, -0.1) is 0 Å². The number of aliphatic hydroxyl groups is 1. The van der Waals surface area contributed by atoms with Crippen molar-refractivity contribution in [3.05, 3.63) is 0 Å². The minimum absolute atomic E-state index is 0.0587. The summed E-state index contributed by atoms with van der Waals surface area (Å²) in [6.45, 7) is 4.65. The second-order valence-corrected chi connectivity index (χ2v) is 2.89. The van der Waals surface area contributed by atoms with Crippen LogP contribution < -0.4 is 0 Å². The minimum atomic E-state index is -0.114. The number of ether oxygens (including phenoxy) is 2. The predicted octanol–water partition coefficient (Wildman–Crippen LogP) is 0.376. The molecule has 0 aliphatic carbocycles. The molecule has 1 aliphatic heterocycles. The van der Waals surface area contributed by atoms with Crippen LogP contribution in [-0.4, -0.2) is 30.7 Å². The molecule has 0 saturated carbocycles. The molecular weight excluding hydrogens is 132 g/mol. The van der Waals surface area contributed by atoms with Crippen molar-refractivity contribution in [1.29, 1.82) is 0 Å². The Morgan fingerprint density at radius 2 is 2.30 bits per heavy atom. The van der Waals surface area contributed by atoms with E-state index in [4.69, 9.17) is 14.6 Å². The van der Waals surface area contributed by atoms with Crippen LogP contribution in [0, 0.1) is 5.92 Å². The van der Waals surface area contributed by atoms with E-state index in [-0.39, 0.29) is 19.0 Å². The van der Waals surface area contributed by atoms with Crippen LogP contribution >= 0.6 is 0 Å². The van der Waals surface area contributed by atoms with Crippen LogP contribution in [0.1, 0.15) is 13.8 Å². The molecule has 1 saturated heterocycles. The quantitative estimate of drug-likeness (QED) is 0.612. The third kappa shape index (κ3) is 1.68. The summed E-state index contributed by atoms with van der Waals surface area (Å²) in [6.07, 6.45) is -0.218. The molecule has 1 N–H and O–H groups in total. The van der Waals surface area contributed by atoms with Crippen molar-refractivity contribution in [2.45, 2.75) is 26.2 Å². The Kier molecular flexibility index (Phi) is 2.65. The molecule has 3 heteroatoms. The average Bonchev–Trinajstić information content (AvgIpc) is 2.34. The van der Waals surface area contributed by atoms with Gasteiger partial charge in [0, 0.05) is 5.92 Å². The first-order chi connectivity index (χ1) is 4.74. The fourth-order valence-corrected chi connectivity index (χ4v) is 0.916. The fourth-order valence-electron chi connectivity index (χ4n) is 0.916. The Morgan fingerprint density at radius 1 is 1.60 bits per heavy atom. The molecule has 0 aromatic carbocycles. The van der Waals surface area contributed by atoms with Crippen molar-refractivity contribution in [2.24, 2.45) is 5.92 Å². The van der Waals surface area contributed by atoms with Crippen LogP contribution in [0.15, 0.2) is 0 Å². The summed E-state index contributed by atoms with van der Waals surface area (Å²) >= 11 is 0. The van der Waals surface area contributed by atoms with E-state index in [2.05, 4.69) is 0 Å². The van der Waals surface area contributed by atoms with Crippen molar-refractivity contribution < 1.29 is 14.6 Å². The highest BCUT2D eigenvalue weighted by atomic mass is 16.7. The molecule has 0 spiro atoms. The van der Waals surface area contributed by atoms with Crippen LogP contribution in [0.2, 0.25) is 0 Å². The van der Waals surface area contributed by atoms with E-state index < -0.39 is 0 Å². The SMILES string of the molecule is CC(C)C1OCC(CO)O1. The molecule has 2 unspecified atom stereocenters. The Hall–Kier alpha value is -0.120. The molecule has 0 aromatic heterocycles. The second kappa shape index (κ2) is 3.32. The molecule has 1 fully saturated rings. The predicted molar refractivity (Wildman–Crippen MR) is 36.5 cm³/mol. The molecule has 3 nitrogen and oxygen atoms in total. The molecule has 2 atom stereocenters. The summed E-state index contributed by atoms with van der Waals surface area (Å²) in [5.74, 6) is 0.372. The van der Waals surface area contributed by atoms with Gasteiger partial charge in [-0.25, -0.2) is 0 Å². The lowest BCUT2D eigenvalue weighted by Gasteiger charge is -2.12. The summed E-state index contributed by atoms with van der Waals surface area (Å²) in [5, 5.41) is 8.66. The Morgan fingerprint density at radius 3 is 2.60 bits per heavy atom. The van der Waals surface area contributed by atoms with Crippen molar-refractivity contribution in [1.82, 2.24) is 0 Å². The van der Waals surface area contributed by atoms with Crippen LogP contribution in [-0.2, 0) is 9.47 Å².